The van der Waals surface area contributed by atoms with Gasteiger partial charge in [-0.15, -0.1) is 11.8 Å². The molecule has 1 heterocycles. The van der Waals surface area contributed by atoms with E-state index in [4.69, 9.17) is 0 Å². The van der Waals surface area contributed by atoms with Crippen molar-refractivity contribution in [2.45, 2.75) is 25.2 Å². The van der Waals surface area contributed by atoms with Crippen molar-refractivity contribution in [3.8, 4) is 0 Å². The molecule has 0 aliphatic carbocycles. The van der Waals surface area contributed by atoms with Crippen LogP contribution >= 0.6 is 11.8 Å². The second-order valence-electron chi connectivity index (χ2n) is 5.42. The predicted molar refractivity (Wildman–Crippen MR) is 81.6 cm³/mol. The van der Waals surface area contributed by atoms with Crippen molar-refractivity contribution >= 4 is 23.4 Å². The molecule has 0 bridgehead atoms. The van der Waals surface area contributed by atoms with Crippen molar-refractivity contribution in [3.05, 3.63) is 24.3 Å². The van der Waals surface area contributed by atoms with Gasteiger partial charge in [0.05, 0.1) is 5.41 Å². The quantitative estimate of drug-likeness (QED) is 0.832. The fourth-order valence-electron chi connectivity index (χ4n) is 2.62. The van der Waals surface area contributed by atoms with Gasteiger partial charge in [-0.3, -0.25) is 4.79 Å². The van der Waals surface area contributed by atoms with E-state index in [1.165, 1.54) is 4.90 Å². The largest absolute Gasteiger partial charge is 0.326 e. The van der Waals surface area contributed by atoms with E-state index in [1.54, 1.807) is 11.8 Å². The van der Waals surface area contributed by atoms with Gasteiger partial charge < -0.3 is 10.6 Å². The molecule has 1 fully saturated rings. The highest BCUT2D eigenvalue weighted by molar-refractivity contribution is 7.98. The van der Waals surface area contributed by atoms with Gasteiger partial charge in [0, 0.05) is 17.1 Å². The number of rotatable bonds is 4. The Bertz CT molecular complexity index is 453. The Morgan fingerprint density at radius 2 is 2.26 bits per heavy atom. The standard InChI is InChI=1S/C15H22N2OS/c1-11(2)15(7-8-16-10-15)14(18)17-12-5-4-6-13(9-12)19-3/h4-6,9,11,16H,7-8,10H2,1-3H3,(H,17,18). The molecule has 0 radical (unpaired) electrons. The van der Waals surface area contributed by atoms with Crippen LogP contribution in [0.25, 0.3) is 0 Å². The lowest BCUT2D eigenvalue weighted by atomic mass is 9.75. The smallest absolute Gasteiger partial charge is 0.232 e. The van der Waals surface area contributed by atoms with Crippen LogP contribution in [0.5, 0.6) is 0 Å². The first kappa shape index (κ1) is 14.4. The highest BCUT2D eigenvalue weighted by Gasteiger charge is 2.43. The molecule has 0 saturated carbocycles. The van der Waals surface area contributed by atoms with Crippen LogP contribution < -0.4 is 10.6 Å². The van der Waals surface area contributed by atoms with Crippen molar-refractivity contribution in [2.75, 3.05) is 24.7 Å². The summed E-state index contributed by atoms with van der Waals surface area (Å²) in [6.45, 7) is 5.96. The molecule has 1 unspecified atom stereocenters. The zero-order valence-corrected chi connectivity index (χ0v) is 12.6. The Morgan fingerprint density at radius 1 is 1.47 bits per heavy atom. The van der Waals surface area contributed by atoms with Crippen LogP contribution in [0.1, 0.15) is 20.3 Å². The van der Waals surface area contributed by atoms with Gasteiger partial charge >= 0.3 is 0 Å². The minimum atomic E-state index is -0.268. The van der Waals surface area contributed by atoms with Gasteiger partial charge in [0.25, 0.3) is 0 Å². The van der Waals surface area contributed by atoms with Crippen molar-refractivity contribution in [3.63, 3.8) is 0 Å². The van der Waals surface area contributed by atoms with E-state index in [0.717, 1.165) is 25.2 Å². The first-order valence-corrected chi connectivity index (χ1v) is 7.97. The number of thioether (sulfide) groups is 1. The zero-order valence-electron chi connectivity index (χ0n) is 11.8. The molecule has 0 aromatic heterocycles. The van der Waals surface area contributed by atoms with Crippen molar-refractivity contribution in [1.29, 1.82) is 0 Å². The lowest BCUT2D eigenvalue weighted by molar-refractivity contribution is -0.126. The van der Waals surface area contributed by atoms with Crippen LogP contribution in [0.3, 0.4) is 0 Å². The molecule has 1 aliphatic rings. The average molecular weight is 278 g/mol. The maximum absolute atomic E-state index is 12.6. The number of anilines is 1. The summed E-state index contributed by atoms with van der Waals surface area (Å²) in [6.07, 6.45) is 2.95. The summed E-state index contributed by atoms with van der Waals surface area (Å²) in [7, 11) is 0. The number of carbonyl (C=O) groups is 1. The predicted octanol–water partition coefficient (Wildman–Crippen LogP) is 2.98. The minimum Gasteiger partial charge on any atom is -0.326 e. The van der Waals surface area contributed by atoms with Crippen LogP contribution in [0, 0.1) is 11.3 Å². The molecule has 2 rings (SSSR count). The van der Waals surface area contributed by atoms with Gasteiger partial charge in [-0.2, -0.15) is 0 Å². The van der Waals surface area contributed by atoms with Crippen LogP contribution in [0.15, 0.2) is 29.2 Å². The van der Waals surface area contributed by atoms with E-state index >= 15 is 0 Å². The summed E-state index contributed by atoms with van der Waals surface area (Å²) in [5.74, 6) is 0.483. The van der Waals surface area contributed by atoms with Gasteiger partial charge in [0.2, 0.25) is 5.91 Å². The summed E-state index contributed by atoms with van der Waals surface area (Å²) in [5, 5.41) is 6.41. The normalized spacial score (nSPS) is 22.7. The van der Waals surface area contributed by atoms with Crippen molar-refractivity contribution in [1.82, 2.24) is 5.32 Å². The molecule has 1 aromatic carbocycles. The third-order valence-corrected chi connectivity index (χ3v) is 4.80. The second kappa shape index (κ2) is 5.97. The zero-order chi connectivity index (χ0) is 13.9. The molecule has 1 saturated heterocycles. The SMILES string of the molecule is CSc1cccc(NC(=O)C2(C(C)C)CCNC2)c1. The number of amides is 1. The summed E-state index contributed by atoms with van der Waals surface area (Å²) >= 11 is 1.68. The molecule has 1 amide bonds. The van der Waals surface area contributed by atoms with Gasteiger partial charge in [-0.1, -0.05) is 19.9 Å². The van der Waals surface area contributed by atoms with Gasteiger partial charge in [-0.05, 0) is 43.3 Å². The molecule has 2 N–H and O–H groups in total. The summed E-state index contributed by atoms with van der Waals surface area (Å²) < 4.78 is 0. The van der Waals surface area contributed by atoms with E-state index < -0.39 is 0 Å². The van der Waals surface area contributed by atoms with Crippen LogP contribution in [0.2, 0.25) is 0 Å². The molecule has 1 aliphatic heterocycles. The van der Waals surface area contributed by atoms with Crippen LogP contribution in [0.4, 0.5) is 5.69 Å². The Labute approximate surface area is 119 Å². The summed E-state index contributed by atoms with van der Waals surface area (Å²) in [4.78, 5) is 13.8. The number of hydrogen-bond acceptors (Lipinski definition) is 3. The topological polar surface area (TPSA) is 41.1 Å². The molecule has 1 atom stereocenters. The average Bonchev–Trinajstić information content (AvgIpc) is 2.89. The fraction of sp³-hybridized carbons (Fsp3) is 0.533. The highest BCUT2D eigenvalue weighted by atomic mass is 32.2. The number of hydrogen-bond donors (Lipinski definition) is 2. The highest BCUT2D eigenvalue weighted by Crippen LogP contribution is 2.35. The Morgan fingerprint density at radius 3 is 2.84 bits per heavy atom. The van der Waals surface area contributed by atoms with Gasteiger partial charge in [0.1, 0.15) is 0 Å². The van der Waals surface area contributed by atoms with E-state index in [9.17, 15) is 4.79 Å². The lowest BCUT2D eigenvalue weighted by Crippen LogP contribution is -2.42. The van der Waals surface area contributed by atoms with Crippen molar-refractivity contribution in [2.24, 2.45) is 11.3 Å². The monoisotopic (exact) mass is 278 g/mol. The summed E-state index contributed by atoms with van der Waals surface area (Å²) in [5.41, 5.74) is 0.624. The fourth-order valence-corrected chi connectivity index (χ4v) is 3.08. The number of carbonyl (C=O) groups excluding carboxylic acids is 1. The molecule has 0 spiro atoms. The molecular weight excluding hydrogens is 256 g/mol. The summed E-state index contributed by atoms with van der Waals surface area (Å²) in [6, 6.07) is 8.01. The Hall–Kier alpha value is -1.00. The first-order valence-electron chi connectivity index (χ1n) is 6.75. The molecule has 3 nitrogen and oxygen atoms in total. The number of nitrogens with one attached hydrogen (secondary N) is 2. The lowest BCUT2D eigenvalue weighted by Gasteiger charge is -2.31. The van der Waals surface area contributed by atoms with Crippen LogP contribution in [-0.2, 0) is 4.79 Å². The van der Waals surface area contributed by atoms with E-state index in [2.05, 4.69) is 30.5 Å². The van der Waals surface area contributed by atoms with Gasteiger partial charge in [0.15, 0.2) is 0 Å². The van der Waals surface area contributed by atoms with E-state index in [-0.39, 0.29) is 11.3 Å². The van der Waals surface area contributed by atoms with E-state index in [0.29, 0.717) is 5.92 Å². The molecule has 104 valence electrons. The Kier molecular flexibility index (Phi) is 4.53. The first-order chi connectivity index (χ1) is 9.08. The maximum Gasteiger partial charge on any atom is 0.232 e. The number of benzene rings is 1. The Balaban J connectivity index is 2.15. The third kappa shape index (κ3) is 2.95. The van der Waals surface area contributed by atoms with Gasteiger partial charge in [-0.25, -0.2) is 0 Å². The molecule has 4 heteroatoms. The second-order valence-corrected chi connectivity index (χ2v) is 6.30. The third-order valence-electron chi connectivity index (χ3n) is 4.07. The van der Waals surface area contributed by atoms with Crippen molar-refractivity contribution < 1.29 is 4.79 Å². The van der Waals surface area contributed by atoms with Crippen LogP contribution in [-0.4, -0.2) is 25.3 Å². The molecular formula is C15H22N2OS. The van der Waals surface area contributed by atoms with E-state index in [1.807, 2.05) is 24.5 Å². The molecule has 19 heavy (non-hydrogen) atoms. The molecule has 1 aromatic rings. The maximum atomic E-state index is 12.6. The minimum absolute atomic E-state index is 0.144.